The molecule has 0 amide bonds. The van der Waals surface area contributed by atoms with Crippen molar-refractivity contribution in [3.63, 3.8) is 0 Å². The Morgan fingerprint density at radius 3 is 2.57 bits per heavy atom. The van der Waals surface area contributed by atoms with Gasteiger partial charge in [-0.05, 0) is 51.4 Å². The van der Waals surface area contributed by atoms with E-state index in [0.717, 1.165) is 24.4 Å². The summed E-state index contributed by atoms with van der Waals surface area (Å²) in [4.78, 5) is 0. The van der Waals surface area contributed by atoms with E-state index in [1.165, 1.54) is 19.3 Å². The lowest BCUT2D eigenvalue weighted by atomic mass is 10.2. The van der Waals surface area contributed by atoms with Crippen molar-refractivity contribution in [1.82, 2.24) is 5.32 Å². The molecule has 0 heterocycles. The van der Waals surface area contributed by atoms with Gasteiger partial charge in [0.1, 0.15) is 0 Å². The van der Waals surface area contributed by atoms with Gasteiger partial charge < -0.3 is 14.8 Å². The van der Waals surface area contributed by atoms with Crippen molar-refractivity contribution >= 4 is 11.6 Å². The van der Waals surface area contributed by atoms with E-state index in [1.54, 1.807) is 0 Å². The average molecular weight is 314 g/mol. The van der Waals surface area contributed by atoms with Crippen molar-refractivity contribution in [2.24, 2.45) is 0 Å². The van der Waals surface area contributed by atoms with Crippen LogP contribution in [-0.4, -0.2) is 19.3 Å². The maximum Gasteiger partial charge on any atom is 0.180 e. The highest BCUT2D eigenvalue weighted by atomic mass is 35.5. The Hall–Kier alpha value is -0.930. The van der Waals surface area contributed by atoms with Crippen molar-refractivity contribution in [2.75, 3.05) is 13.2 Å². The van der Waals surface area contributed by atoms with Crippen LogP contribution in [0.15, 0.2) is 12.1 Å². The molecule has 0 fully saturated rings. The molecule has 1 aromatic carbocycles. The Labute approximate surface area is 134 Å². The molecule has 0 aliphatic heterocycles. The topological polar surface area (TPSA) is 30.5 Å². The molecule has 1 aromatic rings. The Balaban J connectivity index is 2.73. The van der Waals surface area contributed by atoms with Gasteiger partial charge in [0.05, 0.1) is 17.7 Å². The summed E-state index contributed by atoms with van der Waals surface area (Å²) in [5.74, 6) is 1.37. The van der Waals surface area contributed by atoms with E-state index < -0.39 is 0 Å². The molecule has 1 rings (SSSR count). The van der Waals surface area contributed by atoms with Crippen molar-refractivity contribution in [2.45, 2.75) is 59.6 Å². The van der Waals surface area contributed by atoms with Gasteiger partial charge in [-0.3, -0.25) is 0 Å². The largest absolute Gasteiger partial charge is 0.490 e. The molecule has 21 heavy (non-hydrogen) atoms. The molecule has 0 saturated heterocycles. The first-order chi connectivity index (χ1) is 10.1. The van der Waals surface area contributed by atoms with Crippen LogP contribution in [0.25, 0.3) is 0 Å². The Morgan fingerprint density at radius 2 is 1.95 bits per heavy atom. The van der Waals surface area contributed by atoms with E-state index in [4.69, 9.17) is 21.1 Å². The predicted octanol–water partition coefficient (Wildman–Crippen LogP) is 4.81. The number of unbranched alkanes of at least 4 members (excludes halogenated alkanes) is 2. The van der Waals surface area contributed by atoms with E-state index in [1.807, 2.05) is 32.9 Å². The fraction of sp³-hybridized carbons (Fsp3) is 0.647. The van der Waals surface area contributed by atoms with Crippen LogP contribution in [0.2, 0.25) is 5.02 Å². The minimum Gasteiger partial charge on any atom is -0.490 e. The van der Waals surface area contributed by atoms with Gasteiger partial charge in [0, 0.05) is 6.54 Å². The zero-order valence-corrected chi connectivity index (χ0v) is 14.4. The molecule has 4 heteroatoms. The molecule has 0 atom stereocenters. The molecule has 0 bridgehead atoms. The molecule has 0 unspecified atom stereocenters. The third-order valence-electron chi connectivity index (χ3n) is 3.01. The van der Waals surface area contributed by atoms with Gasteiger partial charge in [-0.1, -0.05) is 31.4 Å². The average Bonchev–Trinajstić information content (AvgIpc) is 2.42. The van der Waals surface area contributed by atoms with Gasteiger partial charge in [-0.15, -0.1) is 0 Å². The van der Waals surface area contributed by atoms with E-state index in [9.17, 15) is 0 Å². The van der Waals surface area contributed by atoms with Crippen molar-refractivity contribution in [1.29, 1.82) is 0 Å². The fourth-order valence-electron chi connectivity index (χ4n) is 2.07. The van der Waals surface area contributed by atoms with Crippen LogP contribution in [0.3, 0.4) is 0 Å². The predicted molar refractivity (Wildman–Crippen MR) is 89.6 cm³/mol. The molecule has 0 aliphatic rings. The molecular weight excluding hydrogens is 286 g/mol. The maximum atomic E-state index is 6.34. The molecule has 0 aliphatic carbocycles. The van der Waals surface area contributed by atoms with Crippen molar-refractivity contribution in [3.05, 3.63) is 22.7 Å². The summed E-state index contributed by atoms with van der Waals surface area (Å²) < 4.78 is 11.4. The molecule has 0 saturated carbocycles. The summed E-state index contributed by atoms with van der Waals surface area (Å²) in [6.07, 6.45) is 3.78. The van der Waals surface area contributed by atoms with Gasteiger partial charge in [-0.25, -0.2) is 0 Å². The summed E-state index contributed by atoms with van der Waals surface area (Å²) in [6.45, 7) is 10.6. The van der Waals surface area contributed by atoms with E-state index >= 15 is 0 Å². The maximum absolute atomic E-state index is 6.34. The molecular formula is C17H28ClNO2. The SMILES string of the molecule is CCCCCNCc1cc(Cl)c(OC(C)C)c(OCC)c1. The Kier molecular flexibility index (Phi) is 8.55. The first-order valence-corrected chi connectivity index (χ1v) is 8.28. The highest BCUT2D eigenvalue weighted by molar-refractivity contribution is 6.32. The van der Waals surface area contributed by atoms with Crippen molar-refractivity contribution < 1.29 is 9.47 Å². The van der Waals surface area contributed by atoms with Crippen LogP contribution in [0.4, 0.5) is 0 Å². The lowest BCUT2D eigenvalue weighted by Gasteiger charge is -2.17. The summed E-state index contributed by atoms with van der Waals surface area (Å²) >= 11 is 6.34. The first-order valence-electron chi connectivity index (χ1n) is 7.91. The molecule has 120 valence electrons. The summed E-state index contributed by atoms with van der Waals surface area (Å²) in [5, 5.41) is 4.05. The lowest BCUT2D eigenvalue weighted by Crippen LogP contribution is -2.15. The highest BCUT2D eigenvalue weighted by Gasteiger charge is 2.13. The van der Waals surface area contributed by atoms with Crippen LogP contribution >= 0.6 is 11.6 Å². The Morgan fingerprint density at radius 1 is 1.19 bits per heavy atom. The monoisotopic (exact) mass is 313 g/mol. The Bertz CT molecular complexity index is 421. The van der Waals surface area contributed by atoms with Gasteiger partial charge in [0.15, 0.2) is 11.5 Å². The lowest BCUT2D eigenvalue weighted by molar-refractivity contribution is 0.224. The zero-order valence-electron chi connectivity index (χ0n) is 13.7. The van der Waals surface area contributed by atoms with Gasteiger partial charge >= 0.3 is 0 Å². The van der Waals surface area contributed by atoms with Crippen LogP contribution in [0.5, 0.6) is 11.5 Å². The molecule has 0 spiro atoms. The fourth-order valence-corrected chi connectivity index (χ4v) is 2.35. The van der Waals surface area contributed by atoms with Gasteiger partial charge in [0.25, 0.3) is 0 Å². The second-order valence-electron chi connectivity index (χ2n) is 5.39. The molecule has 1 N–H and O–H groups in total. The van der Waals surface area contributed by atoms with E-state index in [-0.39, 0.29) is 6.10 Å². The number of nitrogens with one attached hydrogen (secondary N) is 1. The number of benzene rings is 1. The second kappa shape index (κ2) is 9.91. The van der Waals surface area contributed by atoms with E-state index in [2.05, 4.69) is 12.2 Å². The molecule has 0 aromatic heterocycles. The third-order valence-corrected chi connectivity index (χ3v) is 3.29. The summed E-state index contributed by atoms with van der Waals surface area (Å²) in [5.41, 5.74) is 1.12. The normalized spacial score (nSPS) is 11.0. The zero-order chi connectivity index (χ0) is 15.7. The van der Waals surface area contributed by atoms with Crippen molar-refractivity contribution in [3.8, 4) is 11.5 Å². The van der Waals surface area contributed by atoms with Crippen LogP contribution in [-0.2, 0) is 6.54 Å². The smallest absolute Gasteiger partial charge is 0.180 e. The summed E-state index contributed by atoms with van der Waals surface area (Å²) in [6, 6.07) is 3.97. The first kappa shape index (κ1) is 18.1. The van der Waals surface area contributed by atoms with Crippen LogP contribution in [0.1, 0.15) is 52.5 Å². The van der Waals surface area contributed by atoms with Gasteiger partial charge in [0.2, 0.25) is 0 Å². The number of hydrogen-bond acceptors (Lipinski definition) is 3. The number of rotatable bonds is 10. The number of hydrogen-bond donors (Lipinski definition) is 1. The minimum absolute atomic E-state index is 0.0692. The number of ether oxygens (including phenoxy) is 2. The number of halogens is 1. The molecule has 0 radical (unpaired) electrons. The third kappa shape index (κ3) is 6.58. The van der Waals surface area contributed by atoms with Crippen LogP contribution < -0.4 is 14.8 Å². The molecule has 3 nitrogen and oxygen atoms in total. The minimum atomic E-state index is 0.0692. The second-order valence-corrected chi connectivity index (χ2v) is 5.80. The standard InChI is InChI=1S/C17H28ClNO2/c1-5-7-8-9-19-12-14-10-15(18)17(21-13(3)4)16(11-14)20-6-2/h10-11,13,19H,5-9,12H2,1-4H3. The highest BCUT2D eigenvalue weighted by Crippen LogP contribution is 2.37. The quantitative estimate of drug-likeness (QED) is 0.629. The van der Waals surface area contributed by atoms with Crippen LogP contribution in [0, 0.1) is 0 Å². The van der Waals surface area contributed by atoms with Gasteiger partial charge in [-0.2, -0.15) is 0 Å². The summed E-state index contributed by atoms with van der Waals surface area (Å²) in [7, 11) is 0. The van der Waals surface area contributed by atoms with E-state index in [0.29, 0.717) is 17.4 Å².